The minimum Gasteiger partial charge on any atom is -0.481 e. The van der Waals surface area contributed by atoms with Gasteiger partial charge in [0.15, 0.2) is 0 Å². The summed E-state index contributed by atoms with van der Waals surface area (Å²) < 4.78 is 0. The van der Waals surface area contributed by atoms with Gasteiger partial charge in [-0.15, -0.1) is 0 Å². The Kier molecular flexibility index (Phi) is 11.4. The first kappa shape index (κ1) is 27.9. The molecule has 0 heterocycles. The molecule has 4 unspecified atom stereocenters. The SMILES string of the molecule is CC(C)C(N)C(=O)NC(CS)C(=O)NC(CC(=O)O)C(=O)NC(Cc1ccccc1)C(=O)O. The first-order valence-corrected chi connectivity index (χ1v) is 10.9. The number of carbonyl (C=O) groups excluding carboxylic acids is 3. The van der Waals surface area contributed by atoms with Crippen LogP contribution in [0, 0.1) is 5.92 Å². The molecule has 1 aromatic carbocycles. The van der Waals surface area contributed by atoms with E-state index in [-0.39, 0.29) is 18.1 Å². The minimum atomic E-state index is -1.58. The van der Waals surface area contributed by atoms with Crippen LogP contribution in [0.2, 0.25) is 0 Å². The van der Waals surface area contributed by atoms with Crippen LogP contribution in [0.5, 0.6) is 0 Å². The van der Waals surface area contributed by atoms with Crippen LogP contribution in [0.25, 0.3) is 0 Å². The Morgan fingerprint density at radius 1 is 0.879 bits per heavy atom. The molecule has 182 valence electrons. The first-order valence-electron chi connectivity index (χ1n) is 10.2. The Bertz CT molecular complexity index is 850. The number of carboxylic acid groups (broad SMARTS) is 2. The van der Waals surface area contributed by atoms with E-state index in [2.05, 4.69) is 28.6 Å². The van der Waals surface area contributed by atoms with Crippen LogP contribution >= 0.6 is 12.6 Å². The van der Waals surface area contributed by atoms with Crippen molar-refractivity contribution in [3.63, 3.8) is 0 Å². The number of carboxylic acids is 2. The largest absolute Gasteiger partial charge is 0.481 e. The van der Waals surface area contributed by atoms with Crippen molar-refractivity contribution in [3.05, 3.63) is 35.9 Å². The van der Waals surface area contributed by atoms with Crippen molar-refractivity contribution in [3.8, 4) is 0 Å². The molecule has 0 spiro atoms. The quantitative estimate of drug-likeness (QED) is 0.177. The molecule has 1 aromatic rings. The highest BCUT2D eigenvalue weighted by molar-refractivity contribution is 7.80. The van der Waals surface area contributed by atoms with E-state index in [1.54, 1.807) is 44.2 Å². The molecule has 1 rings (SSSR count). The van der Waals surface area contributed by atoms with Crippen LogP contribution in [0.1, 0.15) is 25.8 Å². The van der Waals surface area contributed by atoms with Crippen LogP contribution in [0.15, 0.2) is 30.3 Å². The van der Waals surface area contributed by atoms with Gasteiger partial charge in [0.05, 0.1) is 12.5 Å². The lowest BCUT2D eigenvalue weighted by atomic mass is 10.0. The second kappa shape index (κ2) is 13.4. The summed E-state index contributed by atoms with van der Waals surface area (Å²) in [6, 6.07) is 3.54. The standard InChI is InChI=1S/C21H30N4O7S/c1-11(2)17(22)20(30)25-15(10-33)19(29)23-13(9-16(26)27)18(28)24-14(21(31)32)8-12-6-4-3-5-7-12/h3-7,11,13-15,17,33H,8-10,22H2,1-2H3,(H,23,29)(H,24,28)(H,25,30)(H,26,27)(H,31,32). The summed E-state index contributed by atoms with van der Waals surface area (Å²) in [6.45, 7) is 3.45. The van der Waals surface area contributed by atoms with E-state index in [0.29, 0.717) is 5.56 Å². The zero-order valence-electron chi connectivity index (χ0n) is 18.4. The van der Waals surface area contributed by atoms with Crippen molar-refractivity contribution in [2.75, 3.05) is 5.75 Å². The maximum Gasteiger partial charge on any atom is 0.326 e. The van der Waals surface area contributed by atoms with Gasteiger partial charge in [-0.3, -0.25) is 19.2 Å². The van der Waals surface area contributed by atoms with Crippen molar-refractivity contribution in [2.24, 2.45) is 11.7 Å². The Labute approximate surface area is 196 Å². The predicted molar refractivity (Wildman–Crippen MR) is 122 cm³/mol. The van der Waals surface area contributed by atoms with Gasteiger partial charge >= 0.3 is 11.9 Å². The Balaban J connectivity index is 2.92. The highest BCUT2D eigenvalue weighted by Gasteiger charge is 2.31. The highest BCUT2D eigenvalue weighted by Crippen LogP contribution is 2.05. The monoisotopic (exact) mass is 482 g/mol. The topological polar surface area (TPSA) is 188 Å². The fourth-order valence-electron chi connectivity index (χ4n) is 2.74. The van der Waals surface area contributed by atoms with Crippen LogP contribution in [-0.2, 0) is 30.4 Å². The molecule has 0 saturated carbocycles. The van der Waals surface area contributed by atoms with Gasteiger partial charge in [-0.05, 0) is 11.5 Å². The summed E-state index contributed by atoms with van der Waals surface area (Å²) in [4.78, 5) is 60.3. The molecule has 0 saturated heterocycles. The number of carbonyl (C=O) groups is 5. The molecule has 0 fully saturated rings. The van der Waals surface area contributed by atoms with E-state index in [1.165, 1.54) is 0 Å². The molecule has 7 N–H and O–H groups in total. The van der Waals surface area contributed by atoms with Gasteiger partial charge in [-0.2, -0.15) is 12.6 Å². The summed E-state index contributed by atoms with van der Waals surface area (Å²) >= 11 is 4.02. The van der Waals surface area contributed by atoms with Gasteiger partial charge in [0.2, 0.25) is 17.7 Å². The van der Waals surface area contributed by atoms with Gasteiger partial charge < -0.3 is 31.9 Å². The van der Waals surface area contributed by atoms with E-state index in [1.807, 2.05) is 0 Å². The average molecular weight is 483 g/mol. The average Bonchev–Trinajstić information content (AvgIpc) is 2.75. The van der Waals surface area contributed by atoms with Crippen molar-refractivity contribution < 1.29 is 34.2 Å². The predicted octanol–water partition coefficient (Wildman–Crippen LogP) is -0.844. The summed E-state index contributed by atoms with van der Waals surface area (Å²) in [5.74, 6) is -5.50. The zero-order valence-corrected chi connectivity index (χ0v) is 19.2. The third kappa shape index (κ3) is 9.49. The summed E-state index contributed by atoms with van der Waals surface area (Å²) in [5.41, 5.74) is 6.40. The summed E-state index contributed by atoms with van der Waals surface area (Å²) in [6.07, 6.45) is -0.841. The highest BCUT2D eigenvalue weighted by atomic mass is 32.1. The lowest BCUT2D eigenvalue weighted by Gasteiger charge is -2.24. The number of nitrogens with one attached hydrogen (secondary N) is 3. The normalized spacial score (nSPS) is 14.5. The molecule has 0 aliphatic carbocycles. The number of hydrogen-bond acceptors (Lipinski definition) is 7. The molecule has 0 aliphatic heterocycles. The van der Waals surface area contributed by atoms with Crippen LogP contribution < -0.4 is 21.7 Å². The second-order valence-corrected chi connectivity index (χ2v) is 8.13. The van der Waals surface area contributed by atoms with E-state index in [9.17, 15) is 29.1 Å². The molecule has 0 radical (unpaired) electrons. The van der Waals surface area contributed by atoms with E-state index >= 15 is 0 Å². The number of rotatable bonds is 13. The Morgan fingerprint density at radius 3 is 1.88 bits per heavy atom. The fraction of sp³-hybridized carbons (Fsp3) is 0.476. The number of hydrogen-bond donors (Lipinski definition) is 7. The minimum absolute atomic E-state index is 0.0436. The van der Waals surface area contributed by atoms with Crippen LogP contribution in [0.4, 0.5) is 0 Å². The molecule has 0 aliphatic rings. The van der Waals surface area contributed by atoms with Gasteiger partial charge in [0, 0.05) is 12.2 Å². The lowest BCUT2D eigenvalue weighted by Crippen LogP contribution is -2.58. The van der Waals surface area contributed by atoms with Crippen molar-refractivity contribution in [1.82, 2.24) is 16.0 Å². The maximum absolute atomic E-state index is 12.7. The third-order valence-corrected chi connectivity index (χ3v) is 5.11. The van der Waals surface area contributed by atoms with Gasteiger partial charge in [-0.25, -0.2) is 4.79 Å². The van der Waals surface area contributed by atoms with Gasteiger partial charge in [0.1, 0.15) is 18.1 Å². The molecule has 3 amide bonds. The van der Waals surface area contributed by atoms with E-state index in [4.69, 9.17) is 10.8 Å². The first-order chi connectivity index (χ1) is 15.5. The van der Waals surface area contributed by atoms with Crippen LogP contribution in [0.3, 0.4) is 0 Å². The number of nitrogens with two attached hydrogens (primary N) is 1. The number of aliphatic carboxylic acids is 2. The summed E-state index contributed by atoms with van der Waals surface area (Å²) in [7, 11) is 0. The second-order valence-electron chi connectivity index (χ2n) is 7.76. The van der Waals surface area contributed by atoms with Crippen molar-refractivity contribution in [2.45, 2.75) is 50.9 Å². The Hall–Kier alpha value is -3.12. The fourth-order valence-corrected chi connectivity index (χ4v) is 3.00. The van der Waals surface area contributed by atoms with E-state index < -0.39 is 60.2 Å². The number of amides is 3. The molecule has 11 nitrogen and oxygen atoms in total. The Morgan fingerprint density at radius 2 is 1.39 bits per heavy atom. The smallest absolute Gasteiger partial charge is 0.326 e. The number of benzene rings is 1. The van der Waals surface area contributed by atoms with E-state index in [0.717, 1.165) is 0 Å². The molecule has 33 heavy (non-hydrogen) atoms. The lowest BCUT2D eigenvalue weighted by molar-refractivity contribution is -0.143. The summed E-state index contributed by atoms with van der Waals surface area (Å²) in [5, 5.41) is 25.5. The molecule has 0 bridgehead atoms. The van der Waals surface area contributed by atoms with Crippen molar-refractivity contribution in [1.29, 1.82) is 0 Å². The maximum atomic E-state index is 12.7. The molecule has 0 aromatic heterocycles. The third-order valence-electron chi connectivity index (χ3n) is 4.75. The van der Waals surface area contributed by atoms with Gasteiger partial charge in [-0.1, -0.05) is 44.2 Å². The van der Waals surface area contributed by atoms with Crippen molar-refractivity contribution >= 4 is 42.3 Å². The number of thiol groups is 1. The molecular weight excluding hydrogens is 452 g/mol. The molecule has 12 heteroatoms. The molecular formula is C21H30N4O7S. The zero-order chi connectivity index (χ0) is 25.1. The molecule has 4 atom stereocenters. The van der Waals surface area contributed by atoms with Gasteiger partial charge in [0.25, 0.3) is 0 Å². The van der Waals surface area contributed by atoms with Crippen LogP contribution in [-0.4, -0.2) is 69.8 Å².